The second kappa shape index (κ2) is 39.5. The largest absolute Gasteiger partial charge is 0.497 e. The van der Waals surface area contributed by atoms with E-state index in [1.54, 1.807) is 35.5 Å². The van der Waals surface area contributed by atoms with Crippen LogP contribution < -0.4 is 23.7 Å². The van der Waals surface area contributed by atoms with Gasteiger partial charge in [0.1, 0.15) is 28.7 Å². The van der Waals surface area contributed by atoms with Crippen LogP contribution in [0.15, 0.2) is 323 Å². The average Bonchev–Trinajstić information content (AvgIpc) is 1.60. The lowest BCUT2D eigenvalue weighted by Crippen LogP contribution is -1.93. The Morgan fingerprint density at radius 3 is 1.07 bits per heavy atom. The second-order valence-corrected chi connectivity index (χ2v) is 33.7. The number of ether oxygens (including phenoxy) is 5. The summed E-state index contributed by atoms with van der Waals surface area (Å²) in [5.74, 6) is 4.67. The first-order valence-electron chi connectivity index (χ1n) is 44.5. The Kier molecular flexibility index (Phi) is 26.2. The highest BCUT2D eigenvalue weighted by atomic mass is 16.5. The maximum absolute atomic E-state index is 7.75. The van der Waals surface area contributed by atoms with Gasteiger partial charge < -0.3 is 46.5 Å². The molecule has 0 unspecified atom stereocenters. The Bertz CT molecular complexity index is 7720. The molecule has 0 saturated heterocycles. The quantitative estimate of drug-likeness (QED) is 0.0874. The molecule has 0 bridgehead atoms. The Balaban J connectivity index is 0.000000118. The van der Waals surface area contributed by atoms with Crippen LogP contribution in [0.1, 0.15) is 69.0 Å². The Labute approximate surface area is 792 Å². The van der Waals surface area contributed by atoms with Gasteiger partial charge >= 0.3 is 0 Å². The summed E-state index contributed by atoms with van der Waals surface area (Å²) in [7, 11) is 8.34. The Morgan fingerprint density at radius 1 is 0.301 bits per heavy atom. The van der Waals surface area contributed by atoms with Crippen LogP contribution in [0.3, 0.4) is 0 Å². The third kappa shape index (κ3) is 18.6. The zero-order valence-electron chi connectivity index (χ0n) is 77.9. The summed E-state index contributed by atoms with van der Waals surface area (Å²) in [6.45, 7) is 54.0. The molecular formula is C118H97N13O5. The van der Waals surface area contributed by atoms with Gasteiger partial charge in [-0.2, -0.15) is 0 Å². The van der Waals surface area contributed by atoms with E-state index >= 15 is 0 Å². The lowest BCUT2D eigenvalue weighted by Gasteiger charge is -2.09. The van der Waals surface area contributed by atoms with Crippen molar-refractivity contribution in [3.05, 3.63) is 430 Å². The maximum atomic E-state index is 7.75. The molecule has 0 N–H and O–H groups in total. The molecule has 21 rings (SSSR count). The minimum absolute atomic E-state index is 0.530. The van der Waals surface area contributed by atoms with Gasteiger partial charge in [0.2, 0.25) is 0 Å². The predicted molar refractivity (Wildman–Crippen MR) is 551 cm³/mol. The van der Waals surface area contributed by atoms with Crippen molar-refractivity contribution in [2.75, 3.05) is 35.5 Å². The van der Waals surface area contributed by atoms with Crippen molar-refractivity contribution < 1.29 is 23.7 Å². The van der Waals surface area contributed by atoms with E-state index in [4.69, 9.17) is 56.5 Å². The number of fused-ring (bicyclic) bond motifs is 5. The van der Waals surface area contributed by atoms with Gasteiger partial charge in [-0.05, 0) is 369 Å². The third-order valence-corrected chi connectivity index (χ3v) is 25.2. The van der Waals surface area contributed by atoms with Gasteiger partial charge in [0, 0.05) is 117 Å². The van der Waals surface area contributed by atoms with E-state index in [1.807, 2.05) is 221 Å². The molecule has 0 amide bonds. The molecule has 0 spiro atoms. The van der Waals surface area contributed by atoms with Crippen LogP contribution in [0, 0.1) is 88.3 Å². The van der Waals surface area contributed by atoms with Gasteiger partial charge in [-0.25, -0.2) is 24.2 Å². The number of aromatic nitrogens is 8. The van der Waals surface area contributed by atoms with Gasteiger partial charge in [0.05, 0.1) is 107 Å². The van der Waals surface area contributed by atoms with Crippen molar-refractivity contribution >= 4 is 83.0 Å². The monoisotopic (exact) mass is 1780 g/mol. The van der Waals surface area contributed by atoms with E-state index in [-0.39, 0.29) is 0 Å². The number of hydrogen-bond donors (Lipinski definition) is 0. The van der Waals surface area contributed by atoms with Crippen LogP contribution in [-0.2, 0) is 0 Å². The fraction of sp³-hybridized carbons (Fsp3) is 0.136. The van der Waals surface area contributed by atoms with Crippen molar-refractivity contribution in [2.24, 2.45) is 0 Å². The summed E-state index contributed by atoms with van der Waals surface area (Å²) >= 11 is 0. The predicted octanol–water partition coefficient (Wildman–Crippen LogP) is 30.8. The molecule has 1 aliphatic carbocycles. The normalized spacial score (nSPS) is 11.3. The van der Waals surface area contributed by atoms with E-state index in [9.17, 15) is 0 Å². The highest BCUT2D eigenvalue weighted by Crippen LogP contribution is 2.49. The van der Waals surface area contributed by atoms with E-state index in [1.165, 1.54) is 57.3 Å². The average molecular weight is 1780 g/mol. The lowest BCUT2D eigenvalue weighted by atomic mass is 9.95. The molecule has 0 aliphatic heterocycles. The van der Waals surface area contributed by atoms with Gasteiger partial charge in [0.15, 0.2) is 28.4 Å². The number of pyridine rings is 3. The van der Waals surface area contributed by atoms with Crippen molar-refractivity contribution in [1.82, 2.24) is 37.8 Å². The third-order valence-electron chi connectivity index (χ3n) is 25.2. The molecule has 18 nitrogen and oxygen atoms in total. The van der Waals surface area contributed by atoms with Crippen LogP contribution in [0.25, 0.3) is 163 Å². The standard InChI is InChI=1S/C27H24N2O.C25H22N2O.3C22H17N3O/c1-17-6-5-7-22(18(17)2)25-16-29(20-10-12-21(30-4)13-11-20)27-15-23(19-8-9-19)26(28-3)14-24(25)27;1-16-7-6-8-21(18(16)3)23-15-27(19-9-11-20(28-5)12-10-19)25-13-17(2)24(26-4)14-22(23)25;1-15-10-16(13-24-12-15)21-14-25(18-5-7-19(26-3)8-6-18)22-9-4-17(23-2)11-20(21)22;1-15-10-11-24-21(12-15)20-14-25(17-5-7-18(26-3)8-6-17)22-9-4-16(23-2)13-19(20)22;1-15-5-4-6-21(24-15)20-14-25(17-8-10-18(26-3)11-9-17)22-12-7-16(23-2)13-19(20)22/h5-7,10-16,19H,8-9H2,1-2,4H3;6-15H,1-3,5H3;3*4-14H,1,3H3. The molecule has 1 fully saturated rings. The molecule has 18 heteroatoms. The number of aryl methyl sites for hydroxylation is 6. The highest BCUT2D eigenvalue weighted by Gasteiger charge is 2.29. The van der Waals surface area contributed by atoms with Gasteiger partial charge in [-0.3, -0.25) is 15.0 Å². The topological polar surface area (TPSA) is 131 Å². The summed E-state index contributed by atoms with van der Waals surface area (Å²) in [6.07, 6.45) is 18.6. The van der Waals surface area contributed by atoms with Gasteiger partial charge in [-0.15, -0.1) is 0 Å². The molecule has 8 heterocycles. The molecule has 136 heavy (non-hydrogen) atoms. The highest BCUT2D eigenvalue weighted by molar-refractivity contribution is 6.04. The van der Waals surface area contributed by atoms with E-state index in [2.05, 4.69) is 219 Å². The number of rotatable bonds is 16. The fourth-order valence-electron chi connectivity index (χ4n) is 17.5. The summed E-state index contributed by atoms with van der Waals surface area (Å²) in [4.78, 5) is 31.9. The molecule has 664 valence electrons. The van der Waals surface area contributed by atoms with Crippen molar-refractivity contribution in [3.63, 3.8) is 0 Å². The molecular weight excluding hydrogens is 1680 g/mol. The van der Waals surface area contributed by atoms with Gasteiger partial charge in [-0.1, -0.05) is 60.7 Å². The lowest BCUT2D eigenvalue weighted by molar-refractivity contribution is 0.414. The summed E-state index contributed by atoms with van der Waals surface area (Å²) < 4.78 is 37.3. The van der Waals surface area contributed by atoms with E-state index < -0.39 is 0 Å². The molecule has 8 aromatic heterocycles. The van der Waals surface area contributed by atoms with Crippen molar-refractivity contribution in [2.45, 2.75) is 74.1 Å². The SMILES string of the molecule is [C-]#[N+]c1cc2c(-c3cccc(C)c3C)cn(-c3ccc(OC)cc3)c2cc1C.[C-]#[N+]c1cc2c(-c3cccc(C)c3C)cn(-c3ccc(OC)cc3)c2cc1C1CC1.[C-]#[N+]c1ccc2c(c1)c(-c1cc(C)ccn1)cn2-c1ccc(OC)cc1.[C-]#[N+]c1ccc2c(c1)c(-c1cccc(C)n1)cn2-c1ccc(OC)cc1.[C-]#[N+]c1ccc2c(c1)c(-c1cncc(C)c1)cn2-c1ccc(OC)cc1. The minimum Gasteiger partial charge on any atom is -0.497 e. The molecule has 12 aromatic carbocycles. The van der Waals surface area contributed by atoms with Crippen molar-refractivity contribution in [3.8, 4) is 113 Å². The first-order valence-corrected chi connectivity index (χ1v) is 44.5. The van der Waals surface area contributed by atoms with E-state index in [0.717, 1.165) is 179 Å². The second-order valence-electron chi connectivity index (χ2n) is 33.7. The smallest absolute Gasteiger partial charge is 0.191 e. The number of benzene rings is 12. The zero-order chi connectivity index (χ0) is 95.0. The molecule has 20 aromatic rings. The van der Waals surface area contributed by atoms with E-state index in [0.29, 0.717) is 28.7 Å². The number of methoxy groups -OCH3 is 5. The summed E-state index contributed by atoms with van der Waals surface area (Å²) in [5, 5.41) is 5.32. The van der Waals surface area contributed by atoms with Crippen LogP contribution >= 0.6 is 0 Å². The fourth-order valence-corrected chi connectivity index (χ4v) is 17.5. The minimum atomic E-state index is 0.530. The van der Waals surface area contributed by atoms with Crippen LogP contribution in [-0.4, -0.2) is 73.3 Å². The first kappa shape index (κ1) is 90.2. The Morgan fingerprint density at radius 2 is 0.676 bits per heavy atom. The Hall–Kier alpha value is -17.8. The maximum Gasteiger partial charge on any atom is 0.191 e. The number of nitrogens with zero attached hydrogens (tertiary/aromatic N) is 13. The zero-order valence-corrected chi connectivity index (χ0v) is 77.9. The van der Waals surface area contributed by atoms with Crippen LogP contribution in [0.2, 0.25) is 0 Å². The van der Waals surface area contributed by atoms with Crippen molar-refractivity contribution in [1.29, 1.82) is 0 Å². The number of hydrogen-bond acceptors (Lipinski definition) is 8. The van der Waals surface area contributed by atoms with Crippen LogP contribution in [0.5, 0.6) is 28.7 Å². The molecule has 1 saturated carbocycles. The van der Waals surface area contributed by atoms with Gasteiger partial charge in [0.25, 0.3) is 0 Å². The van der Waals surface area contributed by atoms with Crippen LogP contribution in [0.4, 0.5) is 28.4 Å². The summed E-state index contributed by atoms with van der Waals surface area (Å²) in [5.41, 5.74) is 35.3. The molecule has 0 atom stereocenters. The molecule has 0 radical (unpaired) electrons. The summed E-state index contributed by atoms with van der Waals surface area (Å²) in [6, 6.07) is 90.9. The first-order chi connectivity index (χ1) is 66.2. The molecule has 1 aliphatic rings.